The van der Waals surface area contributed by atoms with Gasteiger partial charge in [-0.05, 0) is 18.3 Å². The number of nitrogens with one attached hydrogen (secondary N) is 1. The summed E-state index contributed by atoms with van der Waals surface area (Å²) < 4.78 is 1.93. The third kappa shape index (κ3) is 2.80. The van der Waals surface area contributed by atoms with E-state index < -0.39 is 0 Å². The first kappa shape index (κ1) is 13.1. The van der Waals surface area contributed by atoms with Gasteiger partial charge in [-0.3, -0.25) is 11.3 Å². The van der Waals surface area contributed by atoms with E-state index in [0.717, 1.165) is 18.7 Å². The van der Waals surface area contributed by atoms with Gasteiger partial charge >= 0.3 is 0 Å². The van der Waals surface area contributed by atoms with Crippen LogP contribution in [0.5, 0.6) is 0 Å². The average molecular weight is 225 g/mol. The first-order chi connectivity index (χ1) is 7.61. The molecule has 0 bridgehead atoms. The van der Waals surface area contributed by atoms with E-state index in [1.807, 2.05) is 4.68 Å². The predicted molar refractivity (Wildman–Crippen MR) is 64.4 cm³/mol. The molecule has 5 heteroatoms. The van der Waals surface area contributed by atoms with Crippen molar-refractivity contribution < 1.29 is 0 Å². The summed E-state index contributed by atoms with van der Waals surface area (Å²) in [4.78, 5) is 0. The van der Waals surface area contributed by atoms with Gasteiger partial charge in [0.15, 0.2) is 0 Å². The lowest BCUT2D eigenvalue weighted by molar-refractivity contribution is 0.291. The van der Waals surface area contributed by atoms with Gasteiger partial charge in [0.25, 0.3) is 0 Å². The highest BCUT2D eigenvalue weighted by molar-refractivity contribution is 5.03. The number of aryl methyl sites for hydroxylation is 1. The van der Waals surface area contributed by atoms with Crippen LogP contribution < -0.4 is 11.3 Å². The molecule has 2 atom stereocenters. The minimum Gasteiger partial charge on any atom is -0.271 e. The van der Waals surface area contributed by atoms with Crippen LogP contribution >= 0.6 is 0 Å². The number of hydrogen-bond acceptors (Lipinski definition) is 4. The van der Waals surface area contributed by atoms with Gasteiger partial charge in [0, 0.05) is 6.54 Å². The molecule has 0 saturated carbocycles. The molecule has 3 N–H and O–H groups in total. The van der Waals surface area contributed by atoms with E-state index in [4.69, 9.17) is 5.84 Å². The van der Waals surface area contributed by atoms with Crippen molar-refractivity contribution >= 4 is 0 Å². The molecular formula is C11H23N5. The summed E-state index contributed by atoms with van der Waals surface area (Å²) in [5.74, 6) is 6.65. The lowest BCUT2D eigenvalue weighted by Crippen LogP contribution is -2.36. The van der Waals surface area contributed by atoms with Crippen molar-refractivity contribution in [3.05, 3.63) is 11.9 Å². The molecule has 0 fully saturated rings. The Morgan fingerprint density at radius 1 is 1.44 bits per heavy atom. The van der Waals surface area contributed by atoms with E-state index in [0.29, 0.717) is 11.8 Å². The fourth-order valence-electron chi connectivity index (χ4n) is 1.78. The van der Waals surface area contributed by atoms with E-state index >= 15 is 0 Å². The number of rotatable bonds is 6. The molecule has 0 aliphatic rings. The molecule has 0 amide bonds. The Hall–Kier alpha value is -0.940. The van der Waals surface area contributed by atoms with Crippen LogP contribution in [0.25, 0.3) is 0 Å². The lowest BCUT2D eigenvalue weighted by Gasteiger charge is -2.26. The molecule has 0 radical (unpaired) electrons. The highest BCUT2D eigenvalue weighted by Gasteiger charge is 2.24. The van der Waals surface area contributed by atoms with E-state index in [1.165, 1.54) is 0 Å². The second kappa shape index (κ2) is 5.96. The smallest absolute Gasteiger partial charge is 0.0772 e. The standard InChI is InChI=1S/C11H23N5/c1-5-6-16-10(7-13-15-16)11(14-12)9(4)8(2)3/h7-9,11,14H,5-6,12H2,1-4H3. The maximum absolute atomic E-state index is 5.65. The van der Waals surface area contributed by atoms with Crippen molar-refractivity contribution in [3.8, 4) is 0 Å². The topological polar surface area (TPSA) is 68.8 Å². The molecule has 0 saturated heterocycles. The van der Waals surface area contributed by atoms with Crippen LogP contribution in [0.3, 0.4) is 0 Å². The summed E-state index contributed by atoms with van der Waals surface area (Å²) in [5, 5.41) is 8.06. The zero-order chi connectivity index (χ0) is 12.1. The molecule has 1 aromatic heterocycles. The van der Waals surface area contributed by atoms with Crippen molar-refractivity contribution in [2.24, 2.45) is 17.7 Å². The number of hydrazine groups is 1. The molecule has 16 heavy (non-hydrogen) atoms. The summed E-state index contributed by atoms with van der Waals surface area (Å²) in [6.07, 6.45) is 2.85. The minimum absolute atomic E-state index is 0.113. The Kier molecular flexibility index (Phi) is 4.89. The third-order valence-electron chi connectivity index (χ3n) is 3.16. The average Bonchev–Trinajstić information content (AvgIpc) is 2.68. The Morgan fingerprint density at radius 2 is 2.12 bits per heavy atom. The third-order valence-corrected chi connectivity index (χ3v) is 3.16. The van der Waals surface area contributed by atoms with Crippen LogP contribution in [-0.2, 0) is 6.54 Å². The monoisotopic (exact) mass is 225 g/mol. The van der Waals surface area contributed by atoms with E-state index in [2.05, 4.69) is 43.4 Å². The molecular weight excluding hydrogens is 202 g/mol. The van der Waals surface area contributed by atoms with Crippen LogP contribution in [0.4, 0.5) is 0 Å². The van der Waals surface area contributed by atoms with E-state index in [9.17, 15) is 0 Å². The highest BCUT2D eigenvalue weighted by Crippen LogP contribution is 2.26. The van der Waals surface area contributed by atoms with Gasteiger partial charge in [0.2, 0.25) is 0 Å². The Bertz CT molecular complexity index is 307. The number of hydrogen-bond donors (Lipinski definition) is 2. The zero-order valence-corrected chi connectivity index (χ0v) is 10.6. The molecule has 0 aliphatic carbocycles. The van der Waals surface area contributed by atoms with E-state index in [1.54, 1.807) is 6.20 Å². The van der Waals surface area contributed by atoms with Crippen molar-refractivity contribution in [1.82, 2.24) is 20.4 Å². The molecule has 92 valence electrons. The maximum atomic E-state index is 5.65. The largest absolute Gasteiger partial charge is 0.271 e. The van der Waals surface area contributed by atoms with Crippen molar-refractivity contribution in [2.45, 2.75) is 46.7 Å². The molecule has 1 heterocycles. The minimum atomic E-state index is 0.113. The van der Waals surface area contributed by atoms with Gasteiger partial charge in [-0.2, -0.15) is 0 Å². The van der Waals surface area contributed by atoms with Gasteiger partial charge in [0.05, 0.1) is 17.9 Å². The quantitative estimate of drug-likeness (QED) is 0.568. The molecule has 1 aromatic rings. The first-order valence-corrected chi connectivity index (χ1v) is 5.96. The molecule has 0 aromatic carbocycles. The van der Waals surface area contributed by atoms with Crippen molar-refractivity contribution in [1.29, 1.82) is 0 Å². The van der Waals surface area contributed by atoms with Gasteiger partial charge in [0.1, 0.15) is 0 Å². The Balaban J connectivity index is 2.89. The van der Waals surface area contributed by atoms with Crippen LogP contribution in [0.15, 0.2) is 6.20 Å². The second-order valence-corrected chi connectivity index (χ2v) is 4.63. The second-order valence-electron chi connectivity index (χ2n) is 4.63. The van der Waals surface area contributed by atoms with Crippen LogP contribution in [0, 0.1) is 11.8 Å². The van der Waals surface area contributed by atoms with Crippen LogP contribution in [0.1, 0.15) is 45.9 Å². The normalized spacial score (nSPS) is 15.4. The fraction of sp³-hybridized carbons (Fsp3) is 0.818. The SMILES string of the molecule is CCCn1nncc1C(NN)C(C)C(C)C. The summed E-state index contributed by atoms with van der Waals surface area (Å²) in [6, 6.07) is 0.113. The van der Waals surface area contributed by atoms with Gasteiger partial charge in [-0.1, -0.05) is 32.9 Å². The summed E-state index contributed by atoms with van der Waals surface area (Å²) >= 11 is 0. The highest BCUT2D eigenvalue weighted by atomic mass is 15.4. The lowest BCUT2D eigenvalue weighted by atomic mass is 9.89. The van der Waals surface area contributed by atoms with Gasteiger partial charge in [-0.25, -0.2) is 4.68 Å². The fourth-order valence-corrected chi connectivity index (χ4v) is 1.78. The summed E-state index contributed by atoms with van der Waals surface area (Å²) in [7, 11) is 0. The summed E-state index contributed by atoms with van der Waals surface area (Å²) in [5.41, 5.74) is 3.96. The number of nitrogens with two attached hydrogens (primary N) is 1. The van der Waals surface area contributed by atoms with Crippen LogP contribution in [0.2, 0.25) is 0 Å². The summed E-state index contributed by atoms with van der Waals surface area (Å²) in [6.45, 7) is 9.60. The Morgan fingerprint density at radius 3 is 2.62 bits per heavy atom. The predicted octanol–water partition coefficient (Wildman–Crippen LogP) is 1.48. The molecule has 5 nitrogen and oxygen atoms in total. The van der Waals surface area contributed by atoms with Crippen LogP contribution in [-0.4, -0.2) is 15.0 Å². The van der Waals surface area contributed by atoms with Gasteiger partial charge in [-0.15, -0.1) is 5.10 Å². The van der Waals surface area contributed by atoms with Crippen molar-refractivity contribution in [2.75, 3.05) is 0 Å². The zero-order valence-electron chi connectivity index (χ0n) is 10.6. The molecule has 0 aliphatic heterocycles. The maximum Gasteiger partial charge on any atom is 0.0772 e. The number of aromatic nitrogens is 3. The van der Waals surface area contributed by atoms with E-state index in [-0.39, 0.29) is 6.04 Å². The number of nitrogens with zero attached hydrogens (tertiary/aromatic N) is 3. The molecule has 2 unspecified atom stereocenters. The molecule has 1 rings (SSSR count). The van der Waals surface area contributed by atoms with Crippen molar-refractivity contribution in [3.63, 3.8) is 0 Å². The molecule has 0 spiro atoms. The Labute approximate surface area is 97.4 Å². The first-order valence-electron chi connectivity index (χ1n) is 5.96. The van der Waals surface area contributed by atoms with Gasteiger partial charge < -0.3 is 0 Å².